The highest BCUT2D eigenvalue weighted by Crippen LogP contribution is 2.16. The Hall–Kier alpha value is -1.55. The first-order chi connectivity index (χ1) is 9.72. The molecule has 2 rings (SSSR count). The molecule has 1 aliphatic heterocycles. The predicted octanol–water partition coefficient (Wildman–Crippen LogP) is 1.85. The monoisotopic (exact) mass is 275 g/mol. The summed E-state index contributed by atoms with van der Waals surface area (Å²) in [6.07, 6.45) is 2.73. The van der Waals surface area contributed by atoms with Crippen molar-refractivity contribution in [1.29, 1.82) is 0 Å². The van der Waals surface area contributed by atoms with Crippen LogP contribution in [0.3, 0.4) is 0 Å². The van der Waals surface area contributed by atoms with Gasteiger partial charge in [-0.3, -0.25) is 4.79 Å². The first-order valence-corrected chi connectivity index (χ1v) is 7.56. The van der Waals surface area contributed by atoms with Crippen molar-refractivity contribution in [2.45, 2.75) is 32.2 Å². The molecule has 1 unspecified atom stereocenters. The van der Waals surface area contributed by atoms with Crippen molar-refractivity contribution >= 4 is 11.6 Å². The van der Waals surface area contributed by atoms with Gasteiger partial charge in [-0.1, -0.05) is 31.5 Å². The highest BCUT2D eigenvalue weighted by atomic mass is 16.2. The van der Waals surface area contributed by atoms with E-state index in [0.717, 1.165) is 45.4 Å². The molecule has 1 aromatic rings. The third-order valence-electron chi connectivity index (χ3n) is 3.85. The molecule has 0 radical (unpaired) electrons. The quantitative estimate of drug-likeness (QED) is 0.912. The Balaban J connectivity index is 1.94. The van der Waals surface area contributed by atoms with Crippen LogP contribution in [0.15, 0.2) is 30.3 Å². The van der Waals surface area contributed by atoms with Gasteiger partial charge in [0.2, 0.25) is 5.91 Å². The Kier molecular flexibility index (Phi) is 5.41. The van der Waals surface area contributed by atoms with E-state index < -0.39 is 0 Å². The molecule has 4 heteroatoms. The van der Waals surface area contributed by atoms with Gasteiger partial charge >= 0.3 is 0 Å². The Labute approximate surface area is 121 Å². The predicted molar refractivity (Wildman–Crippen MR) is 82.7 cm³/mol. The Morgan fingerprint density at radius 1 is 1.20 bits per heavy atom. The highest BCUT2D eigenvalue weighted by molar-refractivity contribution is 5.81. The van der Waals surface area contributed by atoms with Crippen molar-refractivity contribution in [3.8, 4) is 0 Å². The van der Waals surface area contributed by atoms with Gasteiger partial charge in [-0.05, 0) is 25.0 Å². The molecule has 4 nitrogen and oxygen atoms in total. The maximum absolute atomic E-state index is 12.3. The number of carbonyl (C=O) groups is 1. The third-order valence-corrected chi connectivity index (χ3v) is 3.85. The molecule has 1 aromatic carbocycles. The van der Waals surface area contributed by atoms with E-state index in [1.807, 2.05) is 11.0 Å². The van der Waals surface area contributed by atoms with E-state index in [0.29, 0.717) is 0 Å². The van der Waals surface area contributed by atoms with Crippen LogP contribution in [0.4, 0.5) is 5.69 Å². The van der Waals surface area contributed by atoms with E-state index in [2.05, 4.69) is 36.1 Å². The van der Waals surface area contributed by atoms with Gasteiger partial charge in [0.1, 0.15) is 0 Å². The van der Waals surface area contributed by atoms with Crippen molar-refractivity contribution in [2.24, 2.45) is 5.73 Å². The summed E-state index contributed by atoms with van der Waals surface area (Å²) >= 11 is 0. The lowest BCUT2D eigenvalue weighted by molar-refractivity contribution is -0.132. The summed E-state index contributed by atoms with van der Waals surface area (Å²) in [5, 5.41) is 0. The molecule has 1 saturated heterocycles. The van der Waals surface area contributed by atoms with E-state index in [1.165, 1.54) is 5.69 Å². The number of hydrogen-bond acceptors (Lipinski definition) is 3. The van der Waals surface area contributed by atoms with Crippen LogP contribution in [-0.2, 0) is 4.79 Å². The molecule has 1 amide bonds. The lowest BCUT2D eigenvalue weighted by atomic mass is 10.1. The zero-order chi connectivity index (χ0) is 14.4. The minimum atomic E-state index is -0.330. The van der Waals surface area contributed by atoms with Gasteiger partial charge in [-0.2, -0.15) is 0 Å². The standard InChI is InChI=1S/C16H25N3O/c1-2-7-15(17)16(20)19-11-6-10-18(12-13-19)14-8-4-3-5-9-14/h3-5,8-9,15H,2,6-7,10-13,17H2,1H3. The third kappa shape index (κ3) is 3.73. The fraction of sp³-hybridized carbons (Fsp3) is 0.562. The molecule has 110 valence electrons. The average Bonchev–Trinajstić information content (AvgIpc) is 2.73. The summed E-state index contributed by atoms with van der Waals surface area (Å²) in [5.41, 5.74) is 7.19. The van der Waals surface area contributed by atoms with E-state index in [9.17, 15) is 4.79 Å². The van der Waals surface area contributed by atoms with Crippen LogP contribution in [0.5, 0.6) is 0 Å². The molecule has 1 aliphatic rings. The van der Waals surface area contributed by atoms with Crippen molar-refractivity contribution in [1.82, 2.24) is 4.90 Å². The molecule has 1 fully saturated rings. The Morgan fingerprint density at radius 3 is 2.65 bits per heavy atom. The molecule has 0 saturated carbocycles. The van der Waals surface area contributed by atoms with Crippen molar-refractivity contribution < 1.29 is 4.79 Å². The second-order valence-corrected chi connectivity index (χ2v) is 5.40. The Bertz CT molecular complexity index is 421. The number of rotatable bonds is 4. The number of benzene rings is 1. The van der Waals surface area contributed by atoms with Crippen LogP contribution in [0.1, 0.15) is 26.2 Å². The maximum Gasteiger partial charge on any atom is 0.239 e. The van der Waals surface area contributed by atoms with Crippen molar-refractivity contribution in [2.75, 3.05) is 31.1 Å². The van der Waals surface area contributed by atoms with E-state index in [4.69, 9.17) is 5.73 Å². The zero-order valence-electron chi connectivity index (χ0n) is 12.3. The molecule has 1 atom stereocenters. The first-order valence-electron chi connectivity index (χ1n) is 7.56. The smallest absolute Gasteiger partial charge is 0.239 e. The van der Waals surface area contributed by atoms with Gasteiger partial charge in [0.05, 0.1) is 6.04 Å². The minimum absolute atomic E-state index is 0.113. The number of hydrogen-bond donors (Lipinski definition) is 1. The van der Waals surface area contributed by atoms with Crippen LogP contribution in [0.25, 0.3) is 0 Å². The summed E-state index contributed by atoms with van der Waals surface area (Å²) in [6.45, 7) is 5.53. The summed E-state index contributed by atoms with van der Waals surface area (Å²) in [4.78, 5) is 16.5. The summed E-state index contributed by atoms with van der Waals surface area (Å²) in [7, 11) is 0. The van der Waals surface area contributed by atoms with Gasteiger partial charge in [0, 0.05) is 31.9 Å². The SMILES string of the molecule is CCCC(N)C(=O)N1CCCN(c2ccccc2)CC1. The van der Waals surface area contributed by atoms with E-state index >= 15 is 0 Å². The fourth-order valence-corrected chi connectivity index (χ4v) is 2.70. The van der Waals surface area contributed by atoms with Crippen LogP contribution in [-0.4, -0.2) is 43.0 Å². The lowest BCUT2D eigenvalue weighted by Gasteiger charge is -2.25. The summed E-state index contributed by atoms with van der Waals surface area (Å²) < 4.78 is 0. The molecule has 0 bridgehead atoms. The molecule has 1 heterocycles. The molecule has 20 heavy (non-hydrogen) atoms. The number of nitrogens with zero attached hydrogens (tertiary/aromatic N) is 2. The fourth-order valence-electron chi connectivity index (χ4n) is 2.70. The van der Waals surface area contributed by atoms with E-state index in [-0.39, 0.29) is 11.9 Å². The number of amides is 1. The highest BCUT2D eigenvalue weighted by Gasteiger charge is 2.23. The topological polar surface area (TPSA) is 49.6 Å². The van der Waals surface area contributed by atoms with Gasteiger partial charge in [0.15, 0.2) is 0 Å². The van der Waals surface area contributed by atoms with Crippen LogP contribution >= 0.6 is 0 Å². The molecular weight excluding hydrogens is 250 g/mol. The first kappa shape index (κ1) is 14.9. The van der Waals surface area contributed by atoms with Crippen molar-refractivity contribution in [3.05, 3.63) is 30.3 Å². The number of nitrogens with two attached hydrogens (primary N) is 1. The van der Waals surface area contributed by atoms with Crippen LogP contribution in [0.2, 0.25) is 0 Å². The summed E-state index contributed by atoms with van der Waals surface area (Å²) in [5.74, 6) is 0.113. The molecule has 0 spiro atoms. The lowest BCUT2D eigenvalue weighted by Crippen LogP contribution is -2.45. The summed E-state index contributed by atoms with van der Waals surface area (Å²) in [6, 6.07) is 10.1. The van der Waals surface area contributed by atoms with Gasteiger partial charge in [-0.25, -0.2) is 0 Å². The average molecular weight is 275 g/mol. The van der Waals surface area contributed by atoms with Crippen LogP contribution < -0.4 is 10.6 Å². The van der Waals surface area contributed by atoms with Crippen molar-refractivity contribution in [3.63, 3.8) is 0 Å². The van der Waals surface area contributed by atoms with Gasteiger partial charge in [-0.15, -0.1) is 0 Å². The number of anilines is 1. The molecular formula is C16H25N3O. The van der Waals surface area contributed by atoms with Crippen LogP contribution in [0, 0.1) is 0 Å². The normalized spacial score (nSPS) is 17.7. The molecule has 2 N–H and O–H groups in total. The number of carbonyl (C=O) groups excluding carboxylic acids is 1. The van der Waals surface area contributed by atoms with E-state index in [1.54, 1.807) is 0 Å². The second-order valence-electron chi connectivity index (χ2n) is 5.40. The van der Waals surface area contributed by atoms with Gasteiger partial charge < -0.3 is 15.5 Å². The minimum Gasteiger partial charge on any atom is -0.370 e. The molecule has 0 aromatic heterocycles. The molecule has 0 aliphatic carbocycles. The Morgan fingerprint density at radius 2 is 1.95 bits per heavy atom. The number of para-hydroxylation sites is 1. The second kappa shape index (κ2) is 7.29. The largest absolute Gasteiger partial charge is 0.370 e. The van der Waals surface area contributed by atoms with Gasteiger partial charge in [0.25, 0.3) is 0 Å². The zero-order valence-corrected chi connectivity index (χ0v) is 12.3. The maximum atomic E-state index is 12.3.